The van der Waals surface area contributed by atoms with E-state index in [4.69, 9.17) is 0 Å². The molecular weight excluding hydrogens is 323 g/mol. The molecule has 0 saturated heterocycles. The maximum absolute atomic E-state index is 13.7. The minimum Gasteiger partial charge on any atom is -0.312 e. The van der Waals surface area contributed by atoms with Crippen LogP contribution < -0.4 is 10.2 Å². The van der Waals surface area contributed by atoms with E-state index in [9.17, 15) is 18.8 Å². The number of amides is 3. The summed E-state index contributed by atoms with van der Waals surface area (Å²) in [7, 11) is 1.54. The van der Waals surface area contributed by atoms with Gasteiger partial charge in [0, 0.05) is 26.5 Å². The van der Waals surface area contributed by atoms with Crippen molar-refractivity contribution in [3.63, 3.8) is 0 Å². The van der Waals surface area contributed by atoms with Crippen molar-refractivity contribution in [3.05, 3.63) is 29.6 Å². The number of anilines is 1. The Morgan fingerprint density at radius 2 is 2.04 bits per heavy atom. The molecule has 0 radical (unpaired) electrons. The predicted octanol–water partition coefficient (Wildman–Crippen LogP) is 0.957. The Balaban J connectivity index is 2.18. The van der Waals surface area contributed by atoms with Crippen LogP contribution in [0.2, 0.25) is 0 Å². The lowest BCUT2D eigenvalue weighted by molar-refractivity contribution is -0.139. The number of hydrazone groups is 1. The van der Waals surface area contributed by atoms with Crippen LogP contribution in [0.1, 0.15) is 19.4 Å². The van der Waals surface area contributed by atoms with E-state index in [0.717, 1.165) is 16.8 Å². The molecule has 7 nitrogen and oxygen atoms in total. The van der Waals surface area contributed by atoms with E-state index in [0.29, 0.717) is 11.3 Å². The molecule has 3 amide bonds. The standard InChI is InChI=1S/C14H13FN4O3S/c1-7(20)16-13-17-19(8(2)21)14(23-13)10-6-9(15)4-5-11(10)18(3)12(14)22/h4-6H,1-3H3,(H,16,17,20). The van der Waals surface area contributed by atoms with Crippen molar-refractivity contribution >= 4 is 40.3 Å². The van der Waals surface area contributed by atoms with Gasteiger partial charge in [-0.2, -0.15) is 5.01 Å². The fraction of sp³-hybridized carbons (Fsp3) is 0.286. The largest absolute Gasteiger partial charge is 0.312 e. The lowest BCUT2D eigenvalue weighted by atomic mass is 10.1. The van der Waals surface area contributed by atoms with E-state index in [2.05, 4.69) is 10.4 Å². The molecule has 1 N–H and O–H groups in total. The van der Waals surface area contributed by atoms with Crippen LogP contribution in [0.5, 0.6) is 0 Å². The molecule has 1 spiro atoms. The van der Waals surface area contributed by atoms with Crippen LogP contribution in [-0.2, 0) is 19.3 Å². The summed E-state index contributed by atoms with van der Waals surface area (Å²) in [6.45, 7) is 2.55. The Bertz CT molecular complexity index is 781. The molecule has 2 heterocycles. The van der Waals surface area contributed by atoms with Gasteiger partial charge >= 0.3 is 0 Å². The Labute approximate surface area is 135 Å². The first-order chi connectivity index (χ1) is 10.8. The molecule has 3 rings (SSSR count). The molecule has 9 heteroatoms. The van der Waals surface area contributed by atoms with Crippen LogP contribution in [0.15, 0.2) is 23.3 Å². The van der Waals surface area contributed by atoms with Crippen LogP contribution in [0.25, 0.3) is 0 Å². The van der Waals surface area contributed by atoms with Gasteiger partial charge in [0.25, 0.3) is 5.91 Å². The van der Waals surface area contributed by atoms with E-state index < -0.39 is 22.5 Å². The number of thioether (sulfide) groups is 1. The Morgan fingerprint density at radius 3 is 2.65 bits per heavy atom. The number of likely N-dealkylation sites (N-methyl/N-ethyl adjacent to an activating group) is 1. The lowest BCUT2D eigenvalue weighted by Crippen LogP contribution is -2.47. The fourth-order valence-electron chi connectivity index (χ4n) is 2.69. The average Bonchev–Trinajstić information content (AvgIpc) is 2.93. The number of benzene rings is 1. The maximum atomic E-state index is 13.7. The van der Waals surface area contributed by atoms with E-state index >= 15 is 0 Å². The Morgan fingerprint density at radius 1 is 1.35 bits per heavy atom. The smallest absolute Gasteiger partial charge is 0.270 e. The number of rotatable bonds is 0. The molecule has 0 fully saturated rings. The summed E-state index contributed by atoms with van der Waals surface area (Å²) in [5.41, 5.74) is 0.823. The second-order valence-electron chi connectivity index (χ2n) is 5.19. The third kappa shape index (κ3) is 2.11. The van der Waals surface area contributed by atoms with E-state index in [1.54, 1.807) is 7.05 Å². The summed E-state index contributed by atoms with van der Waals surface area (Å²) in [6, 6.07) is 3.94. The highest BCUT2D eigenvalue weighted by Gasteiger charge is 2.60. The highest BCUT2D eigenvalue weighted by Crippen LogP contribution is 2.54. The molecule has 23 heavy (non-hydrogen) atoms. The predicted molar refractivity (Wildman–Crippen MR) is 82.9 cm³/mol. The van der Waals surface area contributed by atoms with Crippen molar-refractivity contribution in [1.29, 1.82) is 0 Å². The maximum Gasteiger partial charge on any atom is 0.270 e. The number of nitrogens with one attached hydrogen (secondary N) is 1. The highest BCUT2D eigenvalue weighted by molar-refractivity contribution is 8.15. The molecule has 120 valence electrons. The first-order valence-electron chi connectivity index (χ1n) is 6.71. The van der Waals surface area contributed by atoms with Crippen LogP contribution in [-0.4, -0.2) is 34.9 Å². The van der Waals surface area contributed by atoms with Gasteiger partial charge in [0.15, 0.2) is 5.17 Å². The summed E-state index contributed by atoms with van der Waals surface area (Å²) in [6.07, 6.45) is 0. The summed E-state index contributed by atoms with van der Waals surface area (Å²) < 4.78 is 13.7. The molecule has 0 bridgehead atoms. The molecule has 0 saturated carbocycles. The average molecular weight is 336 g/mol. The van der Waals surface area contributed by atoms with Crippen molar-refractivity contribution in [2.45, 2.75) is 18.7 Å². The van der Waals surface area contributed by atoms with Crippen LogP contribution in [0.4, 0.5) is 10.1 Å². The zero-order chi connectivity index (χ0) is 16.9. The van der Waals surface area contributed by atoms with Crippen molar-refractivity contribution in [1.82, 2.24) is 10.3 Å². The van der Waals surface area contributed by atoms with Crippen LogP contribution >= 0.6 is 11.8 Å². The minimum atomic E-state index is -1.53. The van der Waals surface area contributed by atoms with E-state index in [-0.39, 0.29) is 11.1 Å². The summed E-state index contributed by atoms with van der Waals surface area (Å²) in [4.78, 5) is 35.9. The molecule has 1 atom stereocenters. The van der Waals surface area contributed by atoms with Crippen molar-refractivity contribution < 1.29 is 18.8 Å². The molecule has 1 aromatic rings. The summed E-state index contributed by atoms with van der Waals surface area (Å²) in [5.74, 6) is -1.82. The second-order valence-corrected chi connectivity index (χ2v) is 6.37. The van der Waals surface area contributed by atoms with Gasteiger partial charge in [-0.1, -0.05) is 0 Å². The number of carbonyl (C=O) groups is 3. The Kier molecular flexibility index (Phi) is 3.40. The number of fused-ring (bicyclic) bond motifs is 2. The molecule has 1 unspecified atom stereocenters. The van der Waals surface area contributed by atoms with Crippen molar-refractivity contribution in [2.24, 2.45) is 5.10 Å². The van der Waals surface area contributed by atoms with Gasteiger partial charge in [0.1, 0.15) is 5.82 Å². The fourth-order valence-corrected chi connectivity index (χ4v) is 4.04. The van der Waals surface area contributed by atoms with Gasteiger partial charge < -0.3 is 10.2 Å². The third-order valence-electron chi connectivity index (χ3n) is 3.59. The Hall–Kier alpha value is -2.42. The van der Waals surface area contributed by atoms with Crippen molar-refractivity contribution in [3.8, 4) is 0 Å². The quantitative estimate of drug-likeness (QED) is 0.765. The first-order valence-corrected chi connectivity index (χ1v) is 7.53. The van der Waals surface area contributed by atoms with Crippen molar-refractivity contribution in [2.75, 3.05) is 11.9 Å². The van der Waals surface area contributed by atoms with E-state index in [1.807, 2.05) is 0 Å². The molecular formula is C14H13FN4O3S. The third-order valence-corrected chi connectivity index (χ3v) is 4.83. The van der Waals surface area contributed by atoms with Crippen LogP contribution in [0.3, 0.4) is 0 Å². The normalized spacial score (nSPS) is 22.4. The molecule has 2 aliphatic rings. The number of hydrogen-bond acceptors (Lipinski definition) is 5. The van der Waals surface area contributed by atoms with Crippen LogP contribution in [0, 0.1) is 5.82 Å². The zero-order valence-corrected chi connectivity index (χ0v) is 13.4. The minimum absolute atomic E-state index is 0.117. The van der Waals surface area contributed by atoms with Gasteiger partial charge in [-0.05, 0) is 30.0 Å². The van der Waals surface area contributed by atoms with E-state index in [1.165, 1.54) is 36.9 Å². The monoisotopic (exact) mass is 336 g/mol. The summed E-state index contributed by atoms with van der Waals surface area (Å²) >= 11 is 0.914. The topological polar surface area (TPSA) is 82.1 Å². The lowest BCUT2D eigenvalue weighted by Gasteiger charge is -2.28. The summed E-state index contributed by atoms with van der Waals surface area (Å²) in [5, 5.41) is 7.62. The number of carbonyl (C=O) groups excluding carboxylic acids is 3. The molecule has 0 aliphatic carbocycles. The van der Waals surface area contributed by atoms with Gasteiger partial charge in [-0.15, -0.1) is 5.10 Å². The number of amidine groups is 1. The molecule has 0 aromatic heterocycles. The van der Waals surface area contributed by atoms with Gasteiger partial charge in [-0.3, -0.25) is 14.4 Å². The SMILES string of the molecule is CC(=O)NC1=NN(C(C)=O)C2(S1)C(=O)N(C)c1ccc(F)cc12. The zero-order valence-electron chi connectivity index (χ0n) is 12.6. The number of nitrogens with zero attached hydrogens (tertiary/aromatic N) is 3. The van der Waals surface area contributed by atoms with Gasteiger partial charge in [0.05, 0.1) is 5.69 Å². The molecule has 2 aliphatic heterocycles. The number of halogens is 1. The highest BCUT2D eigenvalue weighted by atomic mass is 32.2. The first kappa shape index (κ1) is 15.5. The molecule has 1 aromatic carbocycles. The van der Waals surface area contributed by atoms with Gasteiger partial charge in [-0.25, -0.2) is 4.39 Å². The second kappa shape index (κ2) is 5.05. The van der Waals surface area contributed by atoms with Gasteiger partial charge in [0.2, 0.25) is 16.7 Å². The number of hydrogen-bond donors (Lipinski definition) is 1.